The third-order valence-electron chi connectivity index (χ3n) is 10.7. The number of hydrogen-bond donors (Lipinski definition) is 0. The van der Waals surface area contributed by atoms with E-state index in [-0.39, 0.29) is 4.87 Å². The fraction of sp³-hybridized carbons (Fsp3) is 0.864. The number of hydrogen-bond acceptors (Lipinski definition) is 0. The molecule has 0 amide bonds. The average molecular weight is 646 g/mol. The second-order valence-electron chi connectivity index (χ2n) is 15.0. The van der Waals surface area contributed by atoms with Gasteiger partial charge in [-0.15, -0.1) is 11.6 Å². The van der Waals surface area contributed by atoms with E-state index in [9.17, 15) is 0 Å². The first kappa shape index (κ1) is 42.5. The maximum Gasteiger partial charge on any atom is 0.0512 e. The van der Waals surface area contributed by atoms with Gasteiger partial charge in [-0.2, -0.15) is 0 Å². The van der Waals surface area contributed by atoms with Crippen LogP contribution in [0.1, 0.15) is 232 Å². The van der Waals surface area contributed by atoms with Crippen molar-refractivity contribution in [3.05, 3.63) is 35.9 Å². The summed E-state index contributed by atoms with van der Waals surface area (Å²) in [5, 5.41) is 0. The van der Waals surface area contributed by atoms with Crippen molar-refractivity contribution in [2.24, 2.45) is 5.92 Å². The second-order valence-corrected chi connectivity index (χ2v) is 15.8. The van der Waals surface area contributed by atoms with Crippen molar-refractivity contribution in [1.82, 2.24) is 0 Å². The van der Waals surface area contributed by atoms with Crippen LogP contribution in [-0.2, 0) is 6.42 Å². The number of unbranched alkanes of at least 4 members (excludes halogenated alkanes) is 28. The summed E-state index contributed by atoms with van der Waals surface area (Å²) in [6.07, 6.45) is 46.3. The van der Waals surface area contributed by atoms with Crippen LogP contribution in [0, 0.1) is 5.92 Å². The maximum atomic E-state index is 7.55. The zero-order valence-electron chi connectivity index (χ0n) is 31.2. The van der Waals surface area contributed by atoms with E-state index in [4.69, 9.17) is 11.6 Å². The lowest BCUT2D eigenvalue weighted by molar-refractivity contribution is 0.326. The molecule has 0 aliphatic rings. The molecule has 0 bridgehead atoms. The summed E-state index contributed by atoms with van der Waals surface area (Å²) in [7, 11) is 0. The van der Waals surface area contributed by atoms with E-state index in [0.717, 1.165) is 6.42 Å². The summed E-state index contributed by atoms with van der Waals surface area (Å²) in [4.78, 5) is -0.0894. The molecule has 0 spiro atoms. The van der Waals surface area contributed by atoms with Crippen molar-refractivity contribution in [2.45, 2.75) is 238 Å². The predicted octanol–water partition coefficient (Wildman–Crippen LogP) is 16.4. The monoisotopic (exact) mass is 645 g/mol. The van der Waals surface area contributed by atoms with Crippen LogP contribution >= 0.6 is 11.6 Å². The molecule has 0 heterocycles. The number of rotatable bonds is 35. The van der Waals surface area contributed by atoms with Crippen LogP contribution in [-0.4, -0.2) is 4.87 Å². The van der Waals surface area contributed by atoms with Gasteiger partial charge in [0.2, 0.25) is 0 Å². The Morgan fingerprint density at radius 1 is 0.444 bits per heavy atom. The first-order valence-electron chi connectivity index (χ1n) is 20.8. The van der Waals surface area contributed by atoms with Crippen LogP contribution in [0.15, 0.2) is 30.3 Å². The van der Waals surface area contributed by atoms with Crippen molar-refractivity contribution in [2.75, 3.05) is 0 Å². The zero-order chi connectivity index (χ0) is 32.5. The maximum absolute atomic E-state index is 7.55. The van der Waals surface area contributed by atoms with Crippen molar-refractivity contribution in [3.8, 4) is 0 Å². The SMILES string of the molecule is CCCCCCCCCCCCCCCCCCC(Cl)(Cc1ccccc1)C(C)CCCCCCCCCCCCCCCC. The van der Waals surface area contributed by atoms with E-state index in [1.807, 2.05) is 0 Å². The summed E-state index contributed by atoms with van der Waals surface area (Å²) in [6.45, 7) is 7.06. The van der Waals surface area contributed by atoms with Gasteiger partial charge in [0.15, 0.2) is 0 Å². The molecule has 0 radical (unpaired) electrons. The summed E-state index contributed by atoms with van der Waals surface area (Å²) >= 11 is 7.55. The number of halogens is 1. The molecule has 0 saturated heterocycles. The predicted molar refractivity (Wildman–Crippen MR) is 207 cm³/mol. The minimum absolute atomic E-state index is 0.0894. The van der Waals surface area contributed by atoms with Gasteiger partial charge in [-0.1, -0.05) is 244 Å². The average Bonchev–Trinajstić information content (AvgIpc) is 3.05. The van der Waals surface area contributed by atoms with Gasteiger partial charge >= 0.3 is 0 Å². The summed E-state index contributed by atoms with van der Waals surface area (Å²) in [6, 6.07) is 11.1. The molecule has 0 saturated carbocycles. The lowest BCUT2D eigenvalue weighted by atomic mass is 9.80. The van der Waals surface area contributed by atoms with E-state index in [2.05, 4.69) is 51.1 Å². The van der Waals surface area contributed by atoms with Gasteiger partial charge in [0.1, 0.15) is 0 Å². The van der Waals surface area contributed by atoms with E-state index >= 15 is 0 Å². The van der Waals surface area contributed by atoms with E-state index in [1.54, 1.807) is 0 Å². The first-order valence-corrected chi connectivity index (χ1v) is 21.2. The van der Waals surface area contributed by atoms with Gasteiger partial charge in [0.05, 0.1) is 4.87 Å². The molecular weight excluding hydrogens is 564 g/mol. The smallest absolute Gasteiger partial charge is 0.0512 e. The molecule has 0 aliphatic carbocycles. The molecule has 0 aliphatic heterocycles. The van der Waals surface area contributed by atoms with Crippen molar-refractivity contribution in [1.29, 1.82) is 0 Å². The Kier molecular flexibility index (Phi) is 30.3. The van der Waals surface area contributed by atoms with Crippen LogP contribution in [0.5, 0.6) is 0 Å². The molecule has 1 aromatic carbocycles. The van der Waals surface area contributed by atoms with Crippen LogP contribution in [0.3, 0.4) is 0 Å². The topological polar surface area (TPSA) is 0 Å². The molecule has 1 rings (SSSR count). The quantitative estimate of drug-likeness (QED) is 0.0509. The van der Waals surface area contributed by atoms with E-state index in [0.29, 0.717) is 5.92 Å². The molecule has 0 N–H and O–H groups in total. The molecule has 2 atom stereocenters. The lowest BCUT2D eigenvalue weighted by Gasteiger charge is -2.34. The van der Waals surface area contributed by atoms with E-state index < -0.39 is 0 Å². The third kappa shape index (κ3) is 26.2. The molecule has 1 heteroatoms. The van der Waals surface area contributed by atoms with Crippen molar-refractivity contribution >= 4 is 11.6 Å². The highest BCUT2D eigenvalue weighted by Crippen LogP contribution is 2.38. The summed E-state index contributed by atoms with van der Waals surface area (Å²) in [5.41, 5.74) is 1.41. The highest BCUT2D eigenvalue weighted by atomic mass is 35.5. The van der Waals surface area contributed by atoms with E-state index in [1.165, 1.54) is 211 Å². The molecule has 0 nitrogen and oxygen atoms in total. The van der Waals surface area contributed by atoms with Crippen LogP contribution < -0.4 is 0 Å². The molecule has 0 fully saturated rings. The normalized spacial score (nSPS) is 13.7. The van der Waals surface area contributed by atoms with Gasteiger partial charge in [-0.3, -0.25) is 0 Å². The molecule has 2 unspecified atom stereocenters. The Labute approximate surface area is 290 Å². The largest absolute Gasteiger partial charge is 0.119 e. The van der Waals surface area contributed by atoms with Gasteiger partial charge in [0.25, 0.3) is 0 Å². The molecular formula is C44H81Cl. The fourth-order valence-electron chi connectivity index (χ4n) is 7.31. The second kappa shape index (κ2) is 32.1. The minimum Gasteiger partial charge on any atom is -0.119 e. The summed E-state index contributed by atoms with van der Waals surface area (Å²) < 4.78 is 0. The Balaban J connectivity index is 2.14. The lowest BCUT2D eigenvalue weighted by Crippen LogP contribution is -2.33. The van der Waals surface area contributed by atoms with Gasteiger partial charge in [-0.25, -0.2) is 0 Å². The standard InChI is InChI=1S/C44H81Cl/c1-4-6-8-10-12-14-16-18-20-21-23-25-27-29-31-36-40-44(45,41-43-38-34-32-35-39-43)42(3)37-33-30-28-26-24-22-19-17-15-13-11-9-7-5-2/h32,34-35,38-39,42H,4-31,33,36-37,40-41H2,1-3H3. The molecule has 264 valence electrons. The molecule has 45 heavy (non-hydrogen) atoms. The summed E-state index contributed by atoms with van der Waals surface area (Å²) in [5.74, 6) is 0.577. The van der Waals surface area contributed by atoms with Crippen LogP contribution in [0.25, 0.3) is 0 Å². The number of alkyl halides is 1. The molecule has 0 aromatic heterocycles. The highest BCUT2D eigenvalue weighted by molar-refractivity contribution is 6.24. The zero-order valence-corrected chi connectivity index (χ0v) is 31.9. The van der Waals surface area contributed by atoms with Gasteiger partial charge in [-0.05, 0) is 30.7 Å². The number of benzene rings is 1. The highest BCUT2D eigenvalue weighted by Gasteiger charge is 2.33. The van der Waals surface area contributed by atoms with Crippen molar-refractivity contribution < 1.29 is 0 Å². The van der Waals surface area contributed by atoms with Crippen molar-refractivity contribution in [3.63, 3.8) is 0 Å². The molecule has 1 aromatic rings. The Morgan fingerprint density at radius 3 is 1.11 bits per heavy atom. The first-order chi connectivity index (χ1) is 22.1. The van der Waals surface area contributed by atoms with Crippen LogP contribution in [0.2, 0.25) is 0 Å². The van der Waals surface area contributed by atoms with Crippen LogP contribution in [0.4, 0.5) is 0 Å². The Hall–Kier alpha value is -0.490. The van der Waals surface area contributed by atoms with Gasteiger partial charge in [0, 0.05) is 0 Å². The van der Waals surface area contributed by atoms with Gasteiger partial charge < -0.3 is 0 Å². The third-order valence-corrected chi connectivity index (χ3v) is 11.4. The Morgan fingerprint density at radius 2 is 0.756 bits per heavy atom. The Bertz CT molecular complexity index is 698. The minimum atomic E-state index is -0.0894. The fourth-order valence-corrected chi connectivity index (χ4v) is 7.71.